The van der Waals surface area contributed by atoms with Crippen LogP contribution >= 0.6 is 0 Å². The molecular formula is C24H32N3O3+. The van der Waals surface area contributed by atoms with Gasteiger partial charge in [0.2, 0.25) is 0 Å². The maximum Gasteiger partial charge on any atom is 0.412 e. The molecule has 0 spiro atoms. The number of carbonyl (C=O) groups excluding carboxylic acids is 2. The molecule has 6 nitrogen and oxygen atoms in total. The predicted octanol–water partition coefficient (Wildman–Crippen LogP) is 2.88. The minimum Gasteiger partial charge on any atom is -0.444 e. The van der Waals surface area contributed by atoms with Crippen molar-refractivity contribution in [1.29, 1.82) is 0 Å². The zero-order valence-corrected chi connectivity index (χ0v) is 18.3. The number of ether oxygens (including phenoxy) is 1. The van der Waals surface area contributed by atoms with Gasteiger partial charge in [0, 0.05) is 16.8 Å². The van der Waals surface area contributed by atoms with Gasteiger partial charge in [-0.1, -0.05) is 35.9 Å². The quantitative estimate of drug-likeness (QED) is 0.815. The van der Waals surface area contributed by atoms with Crippen LogP contribution in [0.2, 0.25) is 0 Å². The summed E-state index contributed by atoms with van der Waals surface area (Å²) < 4.78 is 5.28. The van der Waals surface area contributed by atoms with Crippen molar-refractivity contribution in [2.24, 2.45) is 0 Å². The van der Waals surface area contributed by atoms with E-state index in [1.54, 1.807) is 24.3 Å². The molecule has 3 rings (SSSR count). The van der Waals surface area contributed by atoms with Crippen molar-refractivity contribution in [3.05, 3.63) is 65.2 Å². The Hall–Kier alpha value is -2.86. The summed E-state index contributed by atoms with van der Waals surface area (Å²) in [6.45, 7) is 11.8. The largest absolute Gasteiger partial charge is 0.444 e. The molecule has 0 radical (unpaired) electrons. The number of piperazine rings is 1. The third kappa shape index (κ3) is 6.32. The second kappa shape index (κ2) is 9.30. The zero-order valence-electron chi connectivity index (χ0n) is 18.3. The molecule has 160 valence electrons. The highest BCUT2D eigenvalue weighted by Crippen LogP contribution is 2.15. The number of quaternary nitrogens is 1. The van der Waals surface area contributed by atoms with Crippen molar-refractivity contribution in [1.82, 2.24) is 4.90 Å². The molecule has 2 aromatic rings. The predicted molar refractivity (Wildman–Crippen MR) is 118 cm³/mol. The van der Waals surface area contributed by atoms with E-state index in [-0.39, 0.29) is 5.91 Å². The third-order valence-electron chi connectivity index (χ3n) is 5.05. The highest BCUT2D eigenvalue weighted by Gasteiger charge is 2.25. The van der Waals surface area contributed by atoms with Crippen LogP contribution in [0.1, 0.15) is 42.3 Å². The topological polar surface area (TPSA) is 63.1 Å². The summed E-state index contributed by atoms with van der Waals surface area (Å²) in [5, 5.41) is 2.70. The summed E-state index contributed by atoms with van der Waals surface area (Å²) in [5.41, 5.74) is 3.17. The minimum atomic E-state index is -0.571. The number of nitrogens with one attached hydrogen (secondary N) is 2. The summed E-state index contributed by atoms with van der Waals surface area (Å²) in [7, 11) is 0. The van der Waals surface area contributed by atoms with E-state index in [0.29, 0.717) is 11.3 Å². The fourth-order valence-electron chi connectivity index (χ4n) is 3.65. The first-order valence-corrected chi connectivity index (χ1v) is 10.5. The summed E-state index contributed by atoms with van der Waals surface area (Å²) in [5.74, 6) is -0.00237. The molecule has 1 aliphatic rings. The lowest BCUT2D eigenvalue weighted by Gasteiger charge is -2.32. The zero-order chi connectivity index (χ0) is 21.7. The number of aryl methyl sites for hydroxylation is 1. The molecule has 1 heterocycles. The van der Waals surface area contributed by atoms with Gasteiger partial charge in [-0.05, 0) is 45.9 Å². The number of hydrogen-bond acceptors (Lipinski definition) is 3. The van der Waals surface area contributed by atoms with Gasteiger partial charge in [-0.25, -0.2) is 4.79 Å². The molecular weight excluding hydrogens is 378 g/mol. The van der Waals surface area contributed by atoms with Crippen LogP contribution in [0.25, 0.3) is 0 Å². The Morgan fingerprint density at radius 2 is 1.77 bits per heavy atom. The van der Waals surface area contributed by atoms with Gasteiger partial charge in [0.25, 0.3) is 5.91 Å². The van der Waals surface area contributed by atoms with E-state index in [1.165, 1.54) is 16.0 Å². The molecule has 30 heavy (non-hydrogen) atoms. The molecule has 6 heteroatoms. The first-order valence-electron chi connectivity index (χ1n) is 10.5. The maximum absolute atomic E-state index is 12.9. The van der Waals surface area contributed by atoms with Crippen molar-refractivity contribution < 1.29 is 19.2 Å². The highest BCUT2D eigenvalue weighted by atomic mass is 16.6. The summed E-state index contributed by atoms with van der Waals surface area (Å²) in [4.78, 5) is 28.3. The van der Waals surface area contributed by atoms with Crippen LogP contribution in [0.5, 0.6) is 0 Å². The number of anilines is 1. The van der Waals surface area contributed by atoms with E-state index in [0.717, 1.165) is 32.7 Å². The molecule has 0 aliphatic carbocycles. The number of hydrogen-bond donors (Lipinski definition) is 2. The Bertz CT molecular complexity index is 897. The molecule has 1 aliphatic heterocycles. The van der Waals surface area contributed by atoms with Gasteiger partial charge in [0.15, 0.2) is 0 Å². The number of nitrogens with zero attached hydrogens (tertiary/aromatic N) is 1. The molecule has 0 aromatic heterocycles. The van der Waals surface area contributed by atoms with E-state index >= 15 is 0 Å². The van der Waals surface area contributed by atoms with E-state index in [9.17, 15) is 9.59 Å². The summed E-state index contributed by atoms with van der Waals surface area (Å²) in [6, 6.07) is 15.6. The van der Waals surface area contributed by atoms with E-state index < -0.39 is 11.7 Å². The SMILES string of the molecule is Cc1cccc(C[NH+]2CCN(C(=O)c3cccc(NC(=O)OC(C)(C)C)c3)CC2)c1. The first-order chi connectivity index (χ1) is 14.2. The Morgan fingerprint density at radius 1 is 1.07 bits per heavy atom. The average molecular weight is 411 g/mol. The molecule has 0 unspecified atom stereocenters. The Morgan fingerprint density at radius 3 is 2.43 bits per heavy atom. The molecule has 0 atom stereocenters. The van der Waals surface area contributed by atoms with E-state index in [4.69, 9.17) is 4.74 Å². The van der Waals surface area contributed by atoms with Crippen LogP contribution in [0.15, 0.2) is 48.5 Å². The maximum atomic E-state index is 12.9. The average Bonchev–Trinajstić information content (AvgIpc) is 2.67. The van der Waals surface area contributed by atoms with Gasteiger partial charge in [-0.2, -0.15) is 0 Å². The monoisotopic (exact) mass is 410 g/mol. The van der Waals surface area contributed by atoms with Crippen molar-refractivity contribution in [2.75, 3.05) is 31.5 Å². The van der Waals surface area contributed by atoms with Crippen molar-refractivity contribution >= 4 is 17.7 Å². The van der Waals surface area contributed by atoms with Crippen molar-refractivity contribution in [3.8, 4) is 0 Å². The molecule has 2 aromatic carbocycles. The van der Waals surface area contributed by atoms with Crippen molar-refractivity contribution in [2.45, 2.75) is 39.8 Å². The lowest BCUT2D eigenvalue weighted by atomic mass is 10.1. The Labute approximate surface area is 178 Å². The lowest BCUT2D eigenvalue weighted by molar-refractivity contribution is -0.917. The van der Waals surface area contributed by atoms with Gasteiger partial charge in [0.05, 0.1) is 26.2 Å². The van der Waals surface area contributed by atoms with Crippen LogP contribution in [-0.2, 0) is 11.3 Å². The highest BCUT2D eigenvalue weighted by molar-refractivity contribution is 5.96. The smallest absolute Gasteiger partial charge is 0.412 e. The summed E-state index contributed by atoms with van der Waals surface area (Å²) >= 11 is 0. The molecule has 1 fully saturated rings. The Kier molecular flexibility index (Phi) is 6.77. The lowest BCUT2D eigenvalue weighted by Crippen LogP contribution is -3.13. The molecule has 0 bridgehead atoms. The molecule has 0 saturated carbocycles. The first kappa shape index (κ1) is 21.8. The molecule has 2 N–H and O–H groups in total. The molecule has 2 amide bonds. The normalized spacial score (nSPS) is 15.0. The van der Waals surface area contributed by atoms with Crippen LogP contribution in [-0.4, -0.2) is 48.7 Å². The van der Waals surface area contributed by atoms with E-state index in [2.05, 4.69) is 36.5 Å². The second-order valence-corrected chi connectivity index (χ2v) is 8.92. The number of benzene rings is 2. The van der Waals surface area contributed by atoms with Crippen molar-refractivity contribution in [3.63, 3.8) is 0 Å². The van der Waals surface area contributed by atoms with Gasteiger partial charge >= 0.3 is 6.09 Å². The fourth-order valence-corrected chi connectivity index (χ4v) is 3.65. The summed E-state index contributed by atoms with van der Waals surface area (Å²) in [6.07, 6.45) is -0.527. The standard InChI is InChI=1S/C24H31N3O3/c1-18-7-5-8-19(15-18)17-26-11-13-27(14-12-26)22(28)20-9-6-10-21(16-20)25-23(29)30-24(2,3)4/h5-10,15-16H,11-14,17H2,1-4H3,(H,25,29)/p+1. The number of carbonyl (C=O) groups is 2. The number of rotatable bonds is 4. The van der Waals surface area contributed by atoms with Gasteiger partial charge in [0.1, 0.15) is 12.1 Å². The Balaban J connectivity index is 1.55. The second-order valence-electron chi connectivity index (χ2n) is 8.92. The van der Waals surface area contributed by atoms with Gasteiger partial charge < -0.3 is 14.5 Å². The van der Waals surface area contributed by atoms with E-state index in [1.807, 2.05) is 25.7 Å². The van der Waals surface area contributed by atoms with Crippen LogP contribution in [0.3, 0.4) is 0 Å². The van der Waals surface area contributed by atoms with Gasteiger partial charge in [-0.15, -0.1) is 0 Å². The third-order valence-corrected chi connectivity index (χ3v) is 5.05. The van der Waals surface area contributed by atoms with Crippen LogP contribution < -0.4 is 10.2 Å². The fraction of sp³-hybridized carbons (Fsp3) is 0.417. The number of amides is 2. The minimum absolute atomic E-state index is 0.00237. The van der Waals surface area contributed by atoms with Gasteiger partial charge in [-0.3, -0.25) is 10.1 Å². The van der Waals surface area contributed by atoms with Crippen LogP contribution in [0.4, 0.5) is 10.5 Å². The van der Waals surface area contributed by atoms with Crippen LogP contribution in [0, 0.1) is 6.92 Å². The molecule has 1 saturated heterocycles.